The van der Waals surface area contributed by atoms with Gasteiger partial charge >= 0.3 is 0 Å². The van der Waals surface area contributed by atoms with Crippen molar-refractivity contribution in [1.82, 2.24) is 10.2 Å². The predicted molar refractivity (Wildman–Crippen MR) is 125 cm³/mol. The molecule has 0 bridgehead atoms. The molecule has 32 heavy (non-hydrogen) atoms. The molecule has 0 aliphatic heterocycles. The highest BCUT2D eigenvalue weighted by Crippen LogP contribution is 2.20. The van der Waals surface area contributed by atoms with Crippen LogP contribution in [-0.4, -0.2) is 42.5 Å². The van der Waals surface area contributed by atoms with Crippen LogP contribution >= 0.6 is 11.6 Å². The van der Waals surface area contributed by atoms with E-state index in [0.717, 1.165) is 31.2 Å². The second kappa shape index (κ2) is 11.8. The highest BCUT2D eigenvalue weighted by atomic mass is 35.5. The lowest BCUT2D eigenvalue weighted by atomic mass is 9.95. The maximum Gasteiger partial charge on any atom is 0.261 e. The van der Waals surface area contributed by atoms with E-state index in [9.17, 15) is 9.59 Å². The predicted octanol–water partition coefficient (Wildman–Crippen LogP) is 4.59. The Labute approximate surface area is 194 Å². The van der Waals surface area contributed by atoms with Gasteiger partial charge in [-0.05, 0) is 55.7 Å². The van der Waals surface area contributed by atoms with E-state index >= 15 is 0 Å². The van der Waals surface area contributed by atoms with E-state index in [-0.39, 0.29) is 31.0 Å². The van der Waals surface area contributed by atoms with Crippen LogP contribution in [0.2, 0.25) is 5.02 Å². The molecule has 0 aromatic heterocycles. The SMILES string of the molecule is COc1cccc(CN(C(=O)COc2cccc(Cl)c2)[C@@H](C)C(=O)NC2CCCCC2)c1. The number of rotatable bonds is 9. The Bertz CT molecular complexity index is 914. The van der Waals surface area contributed by atoms with Crippen LogP contribution in [0.25, 0.3) is 0 Å². The summed E-state index contributed by atoms with van der Waals surface area (Å²) in [5, 5.41) is 3.66. The summed E-state index contributed by atoms with van der Waals surface area (Å²) in [5.74, 6) is 0.783. The van der Waals surface area contributed by atoms with E-state index in [2.05, 4.69) is 5.32 Å². The highest BCUT2D eigenvalue weighted by Gasteiger charge is 2.28. The molecule has 1 saturated carbocycles. The molecule has 6 nitrogen and oxygen atoms in total. The lowest BCUT2D eigenvalue weighted by Gasteiger charge is -2.31. The fourth-order valence-electron chi connectivity index (χ4n) is 3.90. The molecule has 1 N–H and O–H groups in total. The van der Waals surface area contributed by atoms with Gasteiger partial charge in [-0.15, -0.1) is 0 Å². The zero-order valence-corrected chi connectivity index (χ0v) is 19.4. The van der Waals surface area contributed by atoms with Crippen molar-refractivity contribution in [2.24, 2.45) is 0 Å². The van der Waals surface area contributed by atoms with Gasteiger partial charge in [0.2, 0.25) is 5.91 Å². The van der Waals surface area contributed by atoms with Crippen LogP contribution in [0.15, 0.2) is 48.5 Å². The summed E-state index contributed by atoms with van der Waals surface area (Å²) in [7, 11) is 1.60. The summed E-state index contributed by atoms with van der Waals surface area (Å²) >= 11 is 6.00. The first kappa shape index (κ1) is 23.9. The van der Waals surface area contributed by atoms with Crippen molar-refractivity contribution in [2.45, 2.75) is 57.7 Å². The number of methoxy groups -OCH3 is 1. The summed E-state index contributed by atoms with van der Waals surface area (Å²) in [6.07, 6.45) is 5.43. The molecule has 2 aromatic carbocycles. The molecular formula is C25H31ClN2O4. The van der Waals surface area contributed by atoms with Gasteiger partial charge in [-0.25, -0.2) is 0 Å². The van der Waals surface area contributed by atoms with Gasteiger partial charge in [0.05, 0.1) is 7.11 Å². The van der Waals surface area contributed by atoms with Gasteiger partial charge in [0.25, 0.3) is 5.91 Å². The quantitative estimate of drug-likeness (QED) is 0.596. The number of nitrogens with zero attached hydrogens (tertiary/aromatic N) is 1. The fourth-order valence-corrected chi connectivity index (χ4v) is 4.08. The number of hydrogen-bond acceptors (Lipinski definition) is 4. The lowest BCUT2D eigenvalue weighted by Crippen LogP contribution is -2.51. The maximum absolute atomic E-state index is 13.2. The van der Waals surface area contributed by atoms with Crippen molar-refractivity contribution in [3.63, 3.8) is 0 Å². The molecule has 2 aromatic rings. The van der Waals surface area contributed by atoms with Crippen LogP contribution in [-0.2, 0) is 16.1 Å². The van der Waals surface area contributed by atoms with Gasteiger partial charge in [0, 0.05) is 17.6 Å². The third-order valence-electron chi connectivity index (χ3n) is 5.76. The molecule has 0 radical (unpaired) electrons. The first-order valence-corrected chi connectivity index (χ1v) is 11.4. The number of nitrogens with one attached hydrogen (secondary N) is 1. The maximum atomic E-state index is 13.2. The largest absolute Gasteiger partial charge is 0.497 e. The first-order valence-electron chi connectivity index (χ1n) is 11.1. The van der Waals surface area contributed by atoms with E-state index in [1.165, 1.54) is 6.42 Å². The van der Waals surface area contributed by atoms with Crippen molar-refractivity contribution >= 4 is 23.4 Å². The van der Waals surface area contributed by atoms with Gasteiger partial charge in [-0.3, -0.25) is 9.59 Å². The molecule has 1 aliphatic carbocycles. The van der Waals surface area contributed by atoms with Crippen molar-refractivity contribution < 1.29 is 19.1 Å². The van der Waals surface area contributed by atoms with Crippen molar-refractivity contribution in [3.8, 4) is 11.5 Å². The van der Waals surface area contributed by atoms with E-state index in [1.54, 1.807) is 43.2 Å². The molecule has 2 amide bonds. The number of benzene rings is 2. The second-order valence-electron chi connectivity index (χ2n) is 8.14. The van der Waals surface area contributed by atoms with Crippen molar-refractivity contribution in [3.05, 3.63) is 59.1 Å². The lowest BCUT2D eigenvalue weighted by molar-refractivity contribution is -0.142. The number of amides is 2. The summed E-state index contributed by atoms with van der Waals surface area (Å²) < 4.78 is 11.0. The van der Waals surface area contributed by atoms with Gasteiger partial charge in [-0.1, -0.05) is 49.1 Å². The minimum absolute atomic E-state index is 0.143. The van der Waals surface area contributed by atoms with Crippen LogP contribution in [0, 0.1) is 0 Å². The van der Waals surface area contributed by atoms with Crippen LogP contribution in [0.3, 0.4) is 0 Å². The molecule has 0 saturated heterocycles. The fraction of sp³-hybridized carbons (Fsp3) is 0.440. The Morgan fingerprint density at radius 1 is 1.09 bits per heavy atom. The molecule has 7 heteroatoms. The number of ether oxygens (including phenoxy) is 2. The Morgan fingerprint density at radius 3 is 2.53 bits per heavy atom. The summed E-state index contributed by atoms with van der Waals surface area (Å²) in [6.45, 7) is 1.84. The van der Waals surface area contributed by atoms with Crippen molar-refractivity contribution in [1.29, 1.82) is 0 Å². The third kappa shape index (κ3) is 6.89. The Kier molecular flexibility index (Phi) is 8.80. The molecule has 1 fully saturated rings. The normalized spacial score (nSPS) is 15.0. The number of halogens is 1. The second-order valence-corrected chi connectivity index (χ2v) is 8.58. The Balaban J connectivity index is 1.72. The highest BCUT2D eigenvalue weighted by molar-refractivity contribution is 6.30. The van der Waals surface area contributed by atoms with E-state index in [1.807, 2.05) is 24.3 Å². The van der Waals surface area contributed by atoms with E-state index in [4.69, 9.17) is 21.1 Å². The molecule has 0 unspecified atom stereocenters. The standard InChI is InChI=1S/C25H31ClN2O4/c1-18(25(30)27-21-10-4-3-5-11-21)28(16-19-8-6-12-22(14-19)31-2)24(29)17-32-23-13-7-9-20(26)15-23/h6-9,12-15,18,21H,3-5,10-11,16-17H2,1-2H3,(H,27,30)/t18-/m0/s1. The molecule has 1 aliphatic rings. The molecule has 3 rings (SSSR count). The van der Waals surface area contributed by atoms with Gasteiger partial charge < -0.3 is 19.7 Å². The van der Waals surface area contributed by atoms with Gasteiger partial charge in [0.1, 0.15) is 17.5 Å². The first-order chi connectivity index (χ1) is 15.5. The molecule has 172 valence electrons. The van der Waals surface area contributed by atoms with Crippen molar-refractivity contribution in [2.75, 3.05) is 13.7 Å². The van der Waals surface area contributed by atoms with E-state index < -0.39 is 6.04 Å². The zero-order chi connectivity index (χ0) is 22.9. The molecular weight excluding hydrogens is 428 g/mol. The third-order valence-corrected chi connectivity index (χ3v) is 6.00. The van der Waals surface area contributed by atoms with Gasteiger partial charge in [-0.2, -0.15) is 0 Å². The minimum Gasteiger partial charge on any atom is -0.497 e. The van der Waals surface area contributed by atoms with Crippen LogP contribution < -0.4 is 14.8 Å². The topological polar surface area (TPSA) is 67.9 Å². The summed E-state index contributed by atoms with van der Waals surface area (Å²) in [5.41, 5.74) is 0.873. The smallest absolute Gasteiger partial charge is 0.261 e. The average Bonchev–Trinajstić information content (AvgIpc) is 2.81. The van der Waals surface area contributed by atoms with E-state index in [0.29, 0.717) is 16.5 Å². The summed E-state index contributed by atoms with van der Waals surface area (Å²) in [6, 6.07) is 13.9. The number of carbonyl (C=O) groups excluding carboxylic acids is 2. The molecule has 1 atom stereocenters. The summed E-state index contributed by atoms with van der Waals surface area (Å²) in [4.78, 5) is 27.7. The van der Waals surface area contributed by atoms with Crippen LogP contribution in [0.4, 0.5) is 0 Å². The average molecular weight is 459 g/mol. The monoisotopic (exact) mass is 458 g/mol. The van der Waals surface area contributed by atoms with Crippen LogP contribution in [0.1, 0.15) is 44.6 Å². The number of carbonyl (C=O) groups is 2. The Morgan fingerprint density at radius 2 is 1.81 bits per heavy atom. The number of hydrogen-bond donors (Lipinski definition) is 1. The molecule has 0 heterocycles. The molecule has 0 spiro atoms. The zero-order valence-electron chi connectivity index (χ0n) is 18.7. The van der Waals surface area contributed by atoms with Gasteiger partial charge in [0.15, 0.2) is 6.61 Å². The minimum atomic E-state index is -0.640. The Hall–Kier alpha value is -2.73. The van der Waals surface area contributed by atoms with Crippen LogP contribution in [0.5, 0.6) is 11.5 Å².